The molecule has 8 nitrogen and oxygen atoms in total. The summed E-state index contributed by atoms with van der Waals surface area (Å²) >= 11 is 0. The second-order valence-electron chi connectivity index (χ2n) is 11.5. The van der Waals surface area contributed by atoms with Crippen LogP contribution in [0.4, 0.5) is 0 Å². The van der Waals surface area contributed by atoms with Crippen LogP contribution in [0.15, 0.2) is 58.3 Å². The maximum absolute atomic E-state index is 12.8. The van der Waals surface area contributed by atoms with E-state index < -0.39 is 38.3 Å². The molecule has 238 valence electrons. The highest BCUT2D eigenvalue weighted by molar-refractivity contribution is 7.90. The minimum absolute atomic E-state index is 0.0258. The van der Waals surface area contributed by atoms with Gasteiger partial charge in [0.1, 0.15) is 11.4 Å². The topological polar surface area (TPSA) is 118 Å². The van der Waals surface area contributed by atoms with Gasteiger partial charge in [0.25, 0.3) is 15.9 Å². The van der Waals surface area contributed by atoms with Crippen molar-refractivity contribution in [2.75, 3.05) is 13.1 Å². The lowest BCUT2D eigenvalue weighted by atomic mass is 10.0. The highest BCUT2D eigenvalue weighted by Crippen LogP contribution is 2.30. The van der Waals surface area contributed by atoms with Crippen molar-refractivity contribution < 1.29 is 26.4 Å². The van der Waals surface area contributed by atoms with E-state index in [0.29, 0.717) is 10.8 Å². The maximum Gasteiger partial charge on any atom is 0.269 e. The molecule has 2 aromatic rings. The second-order valence-corrected chi connectivity index (χ2v) is 15.1. The summed E-state index contributed by atoms with van der Waals surface area (Å²) in [4.78, 5) is 25.2. The Balaban J connectivity index is 1.28. The summed E-state index contributed by atoms with van der Waals surface area (Å²) in [5, 5.41) is 0. The van der Waals surface area contributed by atoms with Gasteiger partial charge in [-0.3, -0.25) is 9.59 Å². The van der Waals surface area contributed by atoms with Crippen LogP contribution >= 0.6 is 0 Å². The van der Waals surface area contributed by atoms with Gasteiger partial charge < -0.3 is 0 Å². The van der Waals surface area contributed by atoms with Gasteiger partial charge in [-0.15, -0.1) is 0 Å². The monoisotopic (exact) mass is 632 g/mol. The van der Waals surface area contributed by atoms with Crippen molar-refractivity contribution >= 4 is 31.7 Å². The van der Waals surface area contributed by atoms with E-state index in [1.165, 1.54) is 126 Å². The fourth-order valence-corrected chi connectivity index (χ4v) is 7.99. The van der Waals surface area contributed by atoms with E-state index in [4.69, 9.17) is 0 Å². The van der Waals surface area contributed by atoms with E-state index in [-0.39, 0.29) is 20.9 Å². The Morgan fingerprint density at radius 2 is 1.21 bits per heavy atom. The fourth-order valence-electron chi connectivity index (χ4n) is 5.39. The van der Waals surface area contributed by atoms with E-state index in [1.54, 1.807) is 6.07 Å². The van der Waals surface area contributed by atoms with E-state index in [9.17, 15) is 26.4 Å². The number of carbonyl (C=O) groups is 2. The largest absolute Gasteiger partial charge is 0.292 e. The number of hydrogen-bond acceptors (Lipinski definition) is 6. The van der Waals surface area contributed by atoms with Crippen molar-refractivity contribution in [2.24, 2.45) is 0 Å². The molecule has 0 saturated heterocycles. The molecule has 3 rings (SSSR count). The van der Waals surface area contributed by atoms with Gasteiger partial charge in [-0.1, -0.05) is 115 Å². The van der Waals surface area contributed by atoms with Gasteiger partial charge in [0.2, 0.25) is 10.0 Å². The number of benzene rings is 2. The Morgan fingerprint density at radius 1 is 0.721 bits per heavy atom. The molecule has 0 aromatic heterocycles. The number of Topliss-reactive ketones (excluding diaryl/α,β-unsaturated/α-hetero) is 1. The third kappa shape index (κ3) is 10.5. The summed E-state index contributed by atoms with van der Waals surface area (Å²) in [6.45, 7) is 1.94. The fraction of sp³-hybridized carbons (Fsp3) is 0.576. The Hall–Kier alpha value is -2.56. The Bertz CT molecular complexity index is 1390. The Kier molecular flexibility index (Phi) is 14.3. The molecule has 0 radical (unpaired) electrons. The average molecular weight is 633 g/mol. The van der Waals surface area contributed by atoms with Crippen LogP contribution in [0.2, 0.25) is 0 Å². The predicted octanol–water partition coefficient (Wildman–Crippen LogP) is 7.25. The first-order valence-corrected chi connectivity index (χ1v) is 18.9. The van der Waals surface area contributed by atoms with E-state index in [1.807, 2.05) is 0 Å². The molecule has 0 saturated carbocycles. The molecular weight excluding hydrogens is 585 g/mol. The van der Waals surface area contributed by atoms with Crippen molar-refractivity contribution in [3.8, 4) is 0 Å². The van der Waals surface area contributed by atoms with Crippen LogP contribution in [-0.2, 0) is 20.0 Å². The molecule has 0 unspecified atom stereocenters. The van der Waals surface area contributed by atoms with Crippen molar-refractivity contribution in [1.29, 1.82) is 0 Å². The van der Waals surface area contributed by atoms with Gasteiger partial charge in [0, 0.05) is 12.1 Å². The average Bonchev–Trinajstić information content (AvgIpc) is 3.19. The standard InChI is InChI=1S/C33H48N2O6S2/c1-2-3-4-5-6-7-8-9-10-11-12-13-14-15-16-19-26-34-42(38,39)29-24-22-28(23-25-29)31(36)27-35-33(37)30-20-17-18-21-32(30)43(35,40)41/h17-18,20-25,34H,2-16,19,26-27H2,1H3. The van der Waals surface area contributed by atoms with E-state index in [0.717, 1.165) is 19.3 Å². The molecule has 0 fully saturated rings. The molecule has 1 heterocycles. The molecule has 2 aromatic carbocycles. The Morgan fingerprint density at radius 3 is 1.72 bits per heavy atom. The summed E-state index contributed by atoms with van der Waals surface area (Å²) in [6.07, 6.45) is 20.1. The van der Waals surface area contributed by atoms with Crippen LogP contribution in [0.1, 0.15) is 130 Å². The normalized spacial score (nSPS) is 14.3. The summed E-state index contributed by atoms with van der Waals surface area (Å²) in [5.41, 5.74) is 0.155. The van der Waals surface area contributed by atoms with Gasteiger partial charge in [-0.05, 0) is 42.8 Å². The number of sulfonamides is 2. The van der Waals surface area contributed by atoms with E-state index in [2.05, 4.69) is 11.6 Å². The number of unbranched alkanes of at least 4 members (excludes halogenated alkanes) is 15. The van der Waals surface area contributed by atoms with Crippen LogP contribution in [0, 0.1) is 0 Å². The molecule has 43 heavy (non-hydrogen) atoms. The first kappa shape index (κ1) is 34.9. The number of ketones is 1. The highest BCUT2D eigenvalue weighted by atomic mass is 32.2. The number of rotatable bonds is 22. The zero-order valence-corrected chi connectivity index (χ0v) is 27.2. The molecule has 10 heteroatoms. The van der Waals surface area contributed by atoms with Crippen molar-refractivity contribution in [2.45, 2.75) is 119 Å². The molecule has 0 aliphatic carbocycles. The van der Waals surface area contributed by atoms with Gasteiger partial charge in [-0.2, -0.15) is 0 Å². The van der Waals surface area contributed by atoms with Crippen LogP contribution in [-0.4, -0.2) is 45.9 Å². The van der Waals surface area contributed by atoms with Gasteiger partial charge >= 0.3 is 0 Å². The quantitative estimate of drug-likeness (QED) is 0.108. The lowest BCUT2D eigenvalue weighted by Crippen LogP contribution is -2.35. The molecule has 1 aliphatic heterocycles. The second kappa shape index (κ2) is 17.7. The summed E-state index contributed by atoms with van der Waals surface area (Å²) in [7, 11) is -7.83. The molecule has 1 N–H and O–H groups in total. The molecule has 1 amide bonds. The molecular formula is C33H48N2O6S2. The molecule has 0 bridgehead atoms. The van der Waals surface area contributed by atoms with E-state index >= 15 is 0 Å². The van der Waals surface area contributed by atoms with Gasteiger partial charge in [-0.25, -0.2) is 25.9 Å². The number of carbonyl (C=O) groups excluding carboxylic acids is 2. The van der Waals surface area contributed by atoms with Gasteiger partial charge in [0.15, 0.2) is 5.78 Å². The minimum atomic E-state index is -4.10. The first-order chi connectivity index (χ1) is 20.7. The predicted molar refractivity (Wildman–Crippen MR) is 170 cm³/mol. The van der Waals surface area contributed by atoms with Crippen LogP contribution in [0.5, 0.6) is 0 Å². The highest BCUT2D eigenvalue weighted by Gasteiger charge is 2.41. The number of amides is 1. The molecule has 0 atom stereocenters. The summed E-state index contributed by atoms with van der Waals surface area (Å²) in [5.74, 6) is -1.35. The maximum atomic E-state index is 12.8. The SMILES string of the molecule is CCCCCCCCCCCCCCCCCCNS(=O)(=O)c1ccc(C(=O)CN2C(=O)c3ccccc3S2(=O)=O)cc1. The third-order valence-corrected chi connectivity index (χ3v) is 11.3. The first-order valence-electron chi connectivity index (χ1n) is 16.0. The minimum Gasteiger partial charge on any atom is -0.292 e. The van der Waals surface area contributed by atoms with Crippen LogP contribution in [0.3, 0.4) is 0 Å². The summed E-state index contributed by atoms with van der Waals surface area (Å²) in [6, 6.07) is 11.1. The zero-order valence-electron chi connectivity index (χ0n) is 25.6. The summed E-state index contributed by atoms with van der Waals surface area (Å²) < 4.78 is 53.9. The number of fused-ring (bicyclic) bond motifs is 1. The number of hydrogen-bond donors (Lipinski definition) is 1. The van der Waals surface area contributed by atoms with Crippen molar-refractivity contribution in [3.05, 3.63) is 59.7 Å². The molecule has 1 aliphatic rings. The van der Waals surface area contributed by atoms with Crippen molar-refractivity contribution in [3.63, 3.8) is 0 Å². The number of nitrogens with zero attached hydrogens (tertiary/aromatic N) is 1. The third-order valence-electron chi connectivity index (χ3n) is 8.01. The molecule has 0 spiro atoms. The van der Waals surface area contributed by atoms with Gasteiger partial charge in [0.05, 0.1) is 10.5 Å². The van der Waals surface area contributed by atoms with Crippen LogP contribution in [0.25, 0.3) is 0 Å². The Labute approximate surface area is 258 Å². The lowest BCUT2D eigenvalue weighted by molar-refractivity contribution is 0.0820. The zero-order chi connectivity index (χ0) is 31.1. The smallest absolute Gasteiger partial charge is 0.269 e. The lowest BCUT2D eigenvalue weighted by Gasteiger charge is -2.14. The van der Waals surface area contributed by atoms with Crippen LogP contribution < -0.4 is 4.72 Å². The van der Waals surface area contributed by atoms with Crippen molar-refractivity contribution in [1.82, 2.24) is 9.03 Å². The number of nitrogens with one attached hydrogen (secondary N) is 1.